The van der Waals surface area contributed by atoms with Crippen molar-refractivity contribution >= 4 is 27.4 Å². The molecule has 0 radical (unpaired) electrons. The van der Waals surface area contributed by atoms with Crippen molar-refractivity contribution in [3.05, 3.63) is 23.8 Å². The molecular formula is C11H13NO6S. The number of phenols is 1. The fourth-order valence-electron chi connectivity index (χ4n) is 1.26. The van der Waals surface area contributed by atoms with E-state index in [0.29, 0.717) is 0 Å². The van der Waals surface area contributed by atoms with Crippen LogP contribution < -0.4 is 5.32 Å². The van der Waals surface area contributed by atoms with E-state index in [1.165, 1.54) is 6.07 Å². The van der Waals surface area contributed by atoms with Crippen molar-refractivity contribution in [1.82, 2.24) is 0 Å². The summed E-state index contributed by atoms with van der Waals surface area (Å²) in [5.74, 6) is -2.44. The maximum Gasteiger partial charge on any atom is 0.335 e. The van der Waals surface area contributed by atoms with Crippen molar-refractivity contribution in [2.24, 2.45) is 0 Å². The summed E-state index contributed by atoms with van der Waals surface area (Å²) < 4.78 is 21.8. The van der Waals surface area contributed by atoms with Gasteiger partial charge in [0.2, 0.25) is 5.91 Å². The Balaban J connectivity index is 2.79. The molecule has 0 aliphatic rings. The van der Waals surface area contributed by atoms with Crippen LogP contribution in [0.3, 0.4) is 0 Å². The normalized spacial score (nSPS) is 11.0. The minimum Gasteiger partial charge on any atom is -0.506 e. The number of amides is 1. The summed E-state index contributed by atoms with van der Waals surface area (Å²) in [6.07, 6.45) is 0.734. The SMILES string of the molecule is CS(=O)(=O)CCC(=O)Nc1cc(C(=O)O)ccc1O. The van der Waals surface area contributed by atoms with Crippen LogP contribution in [-0.4, -0.2) is 42.5 Å². The van der Waals surface area contributed by atoms with Gasteiger partial charge in [0.25, 0.3) is 0 Å². The van der Waals surface area contributed by atoms with E-state index in [1.807, 2.05) is 0 Å². The number of sulfone groups is 1. The molecule has 0 heterocycles. The standard InChI is InChI=1S/C11H13NO6S/c1-19(17,18)5-4-10(14)12-8-6-7(11(15)16)2-3-9(8)13/h2-3,6,13H,4-5H2,1H3,(H,12,14)(H,15,16). The fraction of sp³-hybridized carbons (Fsp3) is 0.273. The third-order valence-corrected chi connectivity index (χ3v) is 3.16. The second kappa shape index (κ2) is 5.70. The lowest BCUT2D eigenvalue weighted by molar-refractivity contribution is -0.115. The number of rotatable bonds is 5. The predicted molar refractivity (Wildman–Crippen MR) is 68.0 cm³/mol. The van der Waals surface area contributed by atoms with Gasteiger partial charge in [0, 0.05) is 12.7 Å². The molecule has 0 aliphatic carbocycles. The molecule has 0 fully saturated rings. The summed E-state index contributed by atoms with van der Waals surface area (Å²) in [5, 5.41) is 20.5. The molecule has 8 heteroatoms. The number of carbonyl (C=O) groups excluding carboxylic acids is 1. The van der Waals surface area contributed by atoms with Gasteiger partial charge in [0.15, 0.2) is 0 Å². The fourth-order valence-corrected chi connectivity index (χ4v) is 1.82. The number of benzene rings is 1. The largest absolute Gasteiger partial charge is 0.506 e. The van der Waals surface area contributed by atoms with Crippen molar-refractivity contribution < 1.29 is 28.2 Å². The lowest BCUT2D eigenvalue weighted by Crippen LogP contribution is -2.16. The summed E-state index contributed by atoms with van der Waals surface area (Å²) in [7, 11) is -3.26. The average Bonchev–Trinajstić information content (AvgIpc) is 2.28. The molecule has 1 aromatic rings. The Morgan fingerprint density at radius 2 is 1.95 bits per heavy atom. The van der Waals surface area contributed by atoms with Crippen LogP contribution >= 0.6 is 0 Å². The summed E-state index contributed by atoms with van der Waals surface area (Å²) in [4.78, 5) is 22.2. The number of aromatic carboxylic acids is 1. The summed E-state index contributed by atoms with van der Waals surface area (Å²) in [5.41, 5.74) is -0.172. The summed E-state index contributed by atoms with van der Waals surface area (Å²) in [6, 6.07) is 3.41. The van der Waals surface area contributed by atoms with Crippen molar-refractivity contribution in [3.8, 4) is 5.75 Å². The Hall–Kier alpha value is -2.09. The molecule has 0 aromatic heterocycles. The van der Waals surface area contributed by atoms with Crippen molar-refractivity contribution in [2.75, 3.05) is 17.3 Å². The van der Waals surface area contributed by atoms with Gasteiger partial charge in [-0.25, -0.2) is 13.2 Å². The number of carboxylic acids is 1. The van der Waals surface area contributed by atoms with E-state index < -0.39 is 21.7 Å². The molecule has 1 aromatic carbocycles. The quantitative estimate of drug-likeness (QED) is 0.677. The molecule has 0 saturated carbocycles. The Kier molecular flexibility index (Phi) is 4.49. The zero-order chi connectivity index (χ0) is 14.6. The first-order valence-electron chi connectivity index (χ1n) is 5.23. The molecule has 0 bridgehead atoms. The van der Waals surface area contributed by atoms with E-state index in [2.05, 4.69) is 5.32 Å². The third-order valence-electron chi connectivity index (χ3n) is 2.22. The highest BCUT2D eigenvalue weighted by Gasteiger charge is 2.12. The molecule has 19 heavy (non-hydrogen) atoms. The van der Waals surface area contributed by atoms with Gasteiger partial charge in [-0.1, -0.05) is 0 Å². The number of anilines is 1. The van der Waals surface area contributed by atoms with E-state index in [-0.39, 0.29) is 29.2 Å². The lowest BCUT2D eigenvalue weighted by atomic mass is 10.2. The molecule has 3 N–H and O–H groups in total. The number of hydrogen-bond acceptors (Lipinski definition) is 5. The van der Waals surface area contributed by atoms with Crippen LogP contribution in [0.5, 0.6) is 5.75 Å². The van der Waals surface area contributed by atoms with Crippen LogP contribution in [0, 0.1) is 0 Å². The van der Waals surface area contributed by atoms with Crippen LogP contribution in [-0.2, 0) is 14.6 Å². The minimum absolute atomic E-state index is 0.0709. The Labute approximate surface area is 109 Å². The summed E-state index contributed by atoms with van der Waals surface area (Å²) >= 11 is 0. The highest BCUT2D eigenvalue weighted by molar-refractivity contribution is 7.90. The molecule has 0 aliphatic heterocycles. The number of carboxylic acid groups (broad SMARTS) is 1. The molecule has 0 spiro atoms. The second-order valence-corrected chi connectivity index (χ2v) is 6.22. The third kappa shape index (κ3) is 4.96. The van der Waals surface area contributed by atoms with E-state index in [0.717, 1.165) is 18.4 Å². The van der Waals surface area contributed by atoms with Gasteiger partial charge in [0.05, 0.1) is 17.0 Å². The topological polar surface area (TPSA) is 121 Å². The average molecular weight is 287 g/mol. The number of nitrogens with one attached hydrogen (secondary N) is 1. The van der Waals surface area contributed by atoms with E-state index in [4.69, 9.17) is 5.11 Å². The maximum absolute atomic E-state index is 11.5. The number of carbonyl (C=O) groups is 2. The highest BCUT2D eigenvalue weighted by atomic mass is 32.2. The minimum atomic E-state index is -3.26. The van der Waals surface area contributed by atoms with Crippen molar-refractivity contribution in [2.45, 2.75) is 6.42 Å². The molecule has 0 atom stereocenters. The maximum atomic E-state index is 11.5. The van der Waals surface area contributed by atoms with Gasteiger partial charge >= 0.3 is 5.97 Å². The molecular weight excluding hydrogens is 274 g/mol. The number of phenolic OH excluding ortho intramolecular Hbond substituents is 1. The Morgan fingerprint density at radius 1 is 1.32 bits per heavy atom. The second-order valence-electron chi connectivity index (χ2n) is 3.97. The van der Waals surface area contributed by atoms with E-state index in [9.17, 15) is 23.1 Å². The van der Waals surface area contributed by atoms with E-state index in [1.54, 1.807) is 0 Å². The molecule has 104 valence electrons. The van der Waals surface area contributed by atoms with Crippen LogP contribution in [0.2, 0.25) is 0 Å². The molecule has 1 amide bonds. The van der Waals surface area contributed by atoms with Gasteiger partial charge in [-0.15, -0.1) is 0 Å². The predicted octanol–water partition coefficient (Wildman–Crippen LogP) is 0.464. The summed E-state index contributed by atoms with van der Waals surface area (Å²) in [6.45, 7) is 0. The molecule has 0 unspecified atom stereocenters. The number of aromatic hydroxyl groups is 1. The zero-order valence-electron chi connectivity index (χ0n) is 10.1. The van der Waals surface area contributed by atoms with Gasteiger partial charge < -0.3 is 15.5 Å². The molecule has 0 saturated heterocycles. The molecule has 7 nitrogen and oxygen atoms in total. The van der Waals surface area contributed by atoms with Gasteiger partial charge in [0.1, 0.15) is 15.6 Å². The van der Waals surface area contributed by atoms with Crippen LogP contribution in [0.1, 0.15) is 16.8 Å². The number of hydrogen-bond donors (Lipinski definition) is 3. The Morgan fingerprint density at radius 3 is 2.47 bits per heavy atom. The first-order valence-corrected chi connectivity index (χ1v) is 7.29. The van der Waals surface area contributed by atoms with Gasteiger partial charge in [-0.05, 0) is 18.2 Å². The van der Waals surface area contributed by atoms with Crippen molar-refractivity contribution in [3.63, 3.8) is 0 Å². The lowest BCUT2D eigenvalue weighted by Gasteiger charge is -2.07. The Bertz CT molecular complexity index is 608. The van der Waals surface area contributed by atoms with Crippen LogP contribution in [0.4, 0.5) is 5.69 Å². The van der Waals surface area contributed by atoms with Crippen LogP contribution in [0.15, 0.2) is 18.2 Å². The smallest absolute Gasteiger partial charge is 0.335 e. The van der Waals surface area contributed by atoms with Gasteiger partial charge in [-0.3, -0.25) is 4.79 Å². The first kappa shape index (κ1) is 15.0. The van der Waals surface area contributed by atoms with E-state index >= 15 is 0 Å². The first-order chi connectivity index (χ1) is 8.69. The van der Waals surface area contributed by atoms with Crippen molar-refractivity contribution in [1.29, 1.82) is 0 Å². The monoisotopic (exact) mass is 287 g/mol. The van der Waals surface area contributed by atoms with Gasteiger partial charge in [-0.2, -0.15) is 0 Å². The zero-order valence-corrected chi connectivity index (χ0v) is 10.9. The molecule has 1 rings (SSSR count). The van der Waals surface area contributed by atoms with Crippen LogP contribution in [0.25, 0.3) is 0 Å². The highest BCUT2D eigenvalue weighted by Crippen LogP contribution is 2.24.